The lowest BCUT2D eigenvalue weighted by Crippen LogP contribution is -2.43. The molecular weight excluding hydrogens is 727 g/mol. The average Bonchev–Trinajstić information content (AvgIpc) is 3.78. The van der Waals surface area contributed by atoms with E-state index < -0.39 is 17.1 Å². The Morgan fingerprint density at radius 1 is 0.807 bits per heavy atom. The number of amides is 2. The zero-order chi connectivity index (χ0) is 39.8. The summed E-state index contributed by atoms with van der Waals surface area (Å²) in [7, 11) is 0. The van der Waals surface area contributed by atoms with Crippen LogP contribution in [0.1, 0.15) is 115 Å². The molecule has 10 rings (SSSR count). The summed E-state index contributed by atoms with van der Waals surface area (Å²) in [5.74, 6) is -1.56. The number of alkyl halides is 2. The molecule has 296 valence electrons. The number of aromatic nitrogens is 4. The van der Waals surface area contributed by atoms with Crippen LogP contribution in [-0.4, -0.2) is 65.7 Å². The summed E-state index contributed by atoms with van der Waals surface area (Å²) in [5.41, 5.74) is 4.02. The van der Waals surface area contributed by atoms with Crippen LogP contribution in [0.25, 0.3) is 44.5 Å². The first kappa shape index (κ1) is 36.1. The van der Waals surface area contributed by atoms with Crippen LogP contribution in [0.5, 0.6) is 0 Å². The van der Waals surface area contributed by atoms with Crippen molar-refractivity contribution in [3.63, 3.8) is 0 Å². The lowest BCUT2D eigenvalue weighted by Gasteiger charge is -2.35. The third-order valence-electron chi connectivity index (χ3n) is 12.6. The van der Waals surface area contributed by atoms with E-state index in [2.05, 4.69) is 15.0 Å². The highest BCUT2D eigenvalue weighted by Crippen LogP contribution is 2.59. The van der Waals surface area contributed by atoms with Gasteiger partial charge < -0.3 is 19.4 Å². The Morgan fingerprint density at radius 3 is 2.16 bits per heavy atom. The number of benzene rings is 3. The van der Waals surface area contributed by atoms with Gasteiger partial charge in [-0.25, -0.2) is 19.6 Å². The Morgan fingerprint density at radius 2 is 1.46 bits per heavy atom. The van der Waals surface area contributed by atoms with E-state index in [1.54, 1.807) is 35.4 Å². The number of nitrogens with one attached hydrogen (secondary N) is 2. The summed E-state index contributed by atoms with van der Waals surface area (Å²) >= 11 is 0. The molecule has 57 heavy (non-hydrogen) atoms. The summed E-state index contributed by atoms with van der Waals surface area (Å²) in [5, 5.41) is 0. The molecule has 0 radical (unpaired) electrons. The maximum atomic E-state index is 16.5. The topological polar surface area (TPSA) is 116 Å². The summed E-state index contributed by atoms with van der Waals surface area (Å²) in [6.07, 6.45) is 6.83. The molecule has 2 saturated carbocycles. The summed E-state index contributed by atoms with van der Waals surface area (Å²) < 4.78 is 44.5. The zero-order valence-corrected chi connectivity index (χ0v) is 33.2. The summed E-state index contributed by atoms with van der Waals surface area (Å²) in [6, 6.07) is 15.9. The molecule has 4 fully saturated rings. The number of piperidine rings is 1. The largest absolute Gasteiger partial charge is 0.444 e. The molecule has 3 aliphatic carbocycles. The van der Waals surface area contributed by atoms with Crippen molar-refractivity contribution in [1.82, 2.24) is 29.7 Å². The number of aromatic amines is 2. The number of halogens is 2. The van der Waals surface area contributed by atoms with Crippen LogP contribution in [0, 0.1) is 11.3 Å². The number of rotatable bonds is 4. The van der Waals surface area contributed by atoms with Gasteiger partial charge in [-0.1, -0.05) is 30.3 Å². The van der Waals surface area contributed by atoms with E-state index in [9.17, 15) is 9.59 Å². The number of likely N-dealkylation sites (tertiary alicyclic amines) is 2. The number of H-pyrrole nitrogens is 2. The molecule has 2 N–H and O–H groups in total. The Hall–Kier alpha value is -5.26. The van der Waals surface area contributed by atoms with Crippen molar-refractivity contribution in [3.05, 3.63) is 83.6 Å². The molecule has 12 heteroatoms. The first-order valence-electron chi connectivity index (χ1n) is 20.2. The van der Waals surface area contributed by atoms with Gasteiger partial charge in [-0.05, 0) is 138 Å². The molecular formula is C45H48F2N6O4. The van der Waals surface area contributed by atoms with E-state index in [0.29, 0.717) is 46.2 Å². The number of imidazole rings is 2. The molecule has 2 aromatic heterocycles. The van der Waals surface area contributed by atoms with E-state index in [1.165, 1.54) is 0 Å². The number of nitrogens with zero attached hydrogens (tertiary/aromatic N) is 4. The molecule has 4 atom stereocenters. The molecule has 2 unspecified atom stereocenters. The van der Waals surface area contributed by atoms with Crippen molar-refractivity contribution in [2.75, 3.05) is 6.54 Å². The van der Waals surface area contributed by atoms with Gasteiger partial charge in [0.2, 0.25) is 0 Å². The third kappa shape index (κ3) is 6.09. The SMILES string of the molecule is CC(C)(C)OC(=O)N1C2CC[C@@H](C2)C1c1nc2ccc(-c3ccc4c(c3)C(F)(F)c3cc(-c5cnc([C@@H]6CC7(CC7)CN6C(=O)OC(C)(C)C)[nH]5)ccc3-4)cc2[nH]1. The van der Waals surface area contributed by atoms with Crippen molar-refractivity contribution in [2.24, 2.45) is 11.3 Å². The van der Waals surface area contributed by atoms with Crippen LogP contribution < -0.4 is 0 Å². The van der Waals surface area contributed by atoms with Crippen molar-refractivity contribution < 1.29 is 27.8 Å². The zero-order valence-electron chi connectivity index (χ0n) is 33.2. The number of hydrogen-bond acceptors (Lipinski definition) is 6. The Kier molecular flexibility index (Phi) is 7.68. The maximum Gasteiger partial charge on any atom is 0.411 e. The van der Waals surface area contributed by atoms with Crippen molar-refractivity contribution in [1.29, 1.82) is 0 Å². The van der Waals surface area contributed by atoms with Crippen molar-refractivity contribution >= 4 is 23.2 Å². The highest BCUT2D eigenvalue weighted by Gasteiger charge is 2.55. The van der Waals surface area contributed by atoms with E-state index in [4.69, 9.17) is 14.5 Å². The molecule has 5 aliphatic rings. The van der Waals surface area contributed by atoms with Crippen LogP contribution in [0.15, 0.2) is 60.8 Å². The monoisotopic (exact) mass is 774 g/mol. The molecule has 2 aliphatic heterocycles. The first-order chi connectivity index (χ1) is 27.0. The number of carbonyl (C=O) groups is 2. The summed E-state index contributed by atoms with van der Waals surface area (Å²) in [4.78, 5) is 46.6. The van der Waals surface area contributed by atoms with Crippen LogP contribution in [0.2, 0.25) is 0 Å². The van der Waals surface area contributed by atoms with E-state index in [-0.39, 0.29) is 46.9 Å². The lowest BCUT2D eigenvalue weighted by atomic mass is 9.98. The molecule has 4 heterocycles. The highest BCUT2D eigenvalue weighted by atomic mass is 19.3. The van der Waals surface area contributed by atoms with Crippen molar-refractivity contribution in [3.8, 4) is 33.5 Å². The Balaban J connectivity index is 0.910. The molecule has 2 bridgehead atoms. The van der Waals surface area contributed by atoms with Gasteiger partial charge in [0.05, 0.1) is 35.0 Å². The Bertz CT molecular complexity index is 2470. The molecule has 5 aromatic rings. The molecule has 10 nitrogen and oxygen atoms in total. The number of hydrogen-bond donors (Lipinski definition) is 2. The molecule has 3 aromatic carbocycles. The standard InChI is InChI=1S/C45H48F2N6O4/c1-42(2,3)56-40(54)52-23-44(15-16-44)21-36(52)38-48-22-35(51-38)26-9-13-30-29-12-8-24(18-31(29)45(46,47)32(30)19-26)25-10-14-33-34(20-25)50-39(49-33)37-27-7-11-28(17-27)53(37)41(55)57-43(4,5)6/h8-10,12-14,18-20,22,27-28,36-37H,7,11,15-17,21,23H2,1-6H3,(H,48,51)(H,49,50)/t27-,28?,36-,37?/m0/s1. The minimum Gasteiger partial charge on any atom is -0.444 e. The predicted octanol–water partition coefficient (Wildman–Crippen LogP) is 10.7. The smallest absolute Gasteiger partial charge is 0.411 e. The minimum absolute atomic E-state index is 0.0356. The van der Waals surface area contributed by atoms with Crippen LogP contribution in [-0.2, 0) is 15.4 Å². The fourth-order valence-corrected chi connectivity index (χ4v) is 9.84. The third-order valence-corrected chi connectivity index (χ3v) is 12.6. The lowest BCUT2D eigenvalue weighted by molar-refractivity contribution is 0.00615. The van der Waals surface area contributed by atoms with E-state index in [1.807, 2.05) is 76.8 Å². The van der Waals surface area contributed by atoms with Gasteiger partial charge in [-0.3, -0.25) is 9.80 Å². The van der Waals surface area contributed by atoms with Crippen LogP contribution >= 0.6 is 0 Å². The van der Waals surface area contributed by atoms with Gasteiger partial charge in [-0.2, -0.15) is 8.78 Å². The van der Waals surface area contributed by atoms with E-state index >= 15 is 8.78 Å². The van der Waals surface area contributed by atoms with Gasteiger partial charge in [0, 0.05) is 29.3 Å². The van der Waals surface area contributed by atoms with Gasteiger partial charge in [0.25, 0.3) is 5.92 Å². The van der Waals surface area contributed by atoms with Gasteiger partial charge in [-0.15, -0.1) is 0 Å². The molecule has 2 amide bonds. The van der Waals surface area contributed by atoms with Gasteiger partial charge in [0.15, 0.2) is 0 Å². The Labute approximate surface area is 330 Å². The van der Waals surface area contributed by atoms with Crippen LogP contribution in [0.3, 0.4) is 0 Å². The second kappa shape index (κ2) is 12.1. The number of ether oxygens (including phenoxy) is 2. The normalized spacial score (nSPS) is 24.0. The quantitative estimate of drug-likeness (QED) is 0.188. The first-order valence-corrected chi connectivity index (χ1v) is 20.2. The second-order valence-corrected chi connectivity index (χ2v) is 19.0. The average molecular weight is 775 g/mol. The minimum atomic E-state index is -3.23. The predicted molar refractivity (Wildman–Crippen MR) is 211 cm³/mol. The summed E-state index contributed by atoms with van der Waals surface area (Å²) in [6.45, 7) is 11.8. The maximum absolute atomic E-state index is 16.5. The van der Waals surface area contributed by atoms with E-state index in [0.717, 1.165) is 60.9 Å². The fraction of sp³-hybridized carbons (Fsp3) is 0.467. The number of carbonyl (C=O) groups excluding carboxylic acids is 2. The van der Waals surface area contributed by atoms with Gasteiger partial charge >= 0.3 is 12.2 Å². The number of fused-ring (bicyclic) bond motifs is 6. The molecule has 1 spiro atoms. The molecule has 2 saturated heterocycles. The van der Waals surface area contributed by atoms with Crippen molar-refractivity contribution in [2.45, 2.75) is 115 Å². The fourth-order valence-electron chi connectivity index (χ4n) is 9.84. The second-order valence-electron chi connectivity index (χ2n) is 19.0. The van der Waals surface area contributed by atoms with Gasteiger partial charge in [0.1, 0.15) is 22.9 Å². The van der Waals surface area contributed by atoms with Crippen LogP contribution in [0.4, 0.5) is 18.4 Å². The highest BCUT2D eigenvalue weighted by molar-refractivity contribution is 5.87.